The zero-order valence-electron chi connectivity index (χ0n) is 12.1. The van der Waals surface area contributed by atoms with Gasteiger partial charge in [0.2, 0.25) is 0 Å². The van der Waals surface area contributed by atoms with Gasteiger partial charge in [-0.05, 0) is 31.5 Å². The molecule has 0 bridgehead atoms. The minimum Gasteiger partial charge on any atom is -0.344 e. The van der Waals surface area contributed by atoms with Gasteiger partial charge in [0.1, 0.15) is 11.4 Å². The van der Waals surface area contributed by atoms with Gasteiger partial charge in [0.25, 0.3) is 5.91 Å². The van der Waals surface area contributed by atoms with Crippen molar-refractivity contribution in [1.29, 1.82) is 0 Å². The number of alkyl halides is 3. The fraction of sp³-hybridized carbons (Fsp3) is 0.357. The minimum atomic E-state index is -4.47. The lowest BCUT2D eigenvalue weighted by molar-refractivity contribution is -0.141. The third-order valence-electron chi connectivity index (χ3n) is 3.12. The maximum Gasteiger partial charge on any atom is 0.433 e. The van der Waals surface area contributed by atoms with Gasteiger partial charge in [0.15, 0.2) is 0 Å². The Morgan fingerprint density at radius 2 is 2.09 bits per heavy atom. The molecule has 0 aliphatic rings. The highest BCUT2D eigenvalue weighted by molar-refractivity contribution is 5.92. The number of pyridine rings is 1. The Morgan fingerprint density at radius 3 is 2.59 bits per heavy atom. The predicted octanol–water partition coefficient (Wildman–Crippen LogP) is 2.81. The van der Waals surface area contributed by atoms with E-state index < -0.39 is 17.9 Å². The summed E-state index contributed by atoms with van der Waals surface area (Å²) in [6.45, 7) is 4.20. The van der Waals surface area contributed by atoms with Crippen LogP contribution in [0.3, 0.4) is 0 Å². The van der Waals surface area contributed by atoms with E-state index in [2.05, 4.69) is 15.4 Å². The van der Waals surface area contributed by atoms with Crippen LogP contribution in [0.1, 0.15) is 41.6 Å². The first kappa shape index (κ1) is 16.0. The molecule has 5 nitrogen and oxygen atoms in total. The van der Waals surface area contributed by atoms with Gasteiger partial charge in [-0.2, -0.15) is 18.3 Å². The average Bonchev–Trinajstić information content (AvgIpc) is 2.95. The van der Waals surface area contributed by atoms with Gasteiger partial charge >= 0.3 is 6.18 Å². The molecule has 0 unspecified atom stereocenters. The number of nitrogens with one attached hydrogen (secondary N) is 1. The largest absolute Gasteiger partial charge is 0.433 e. The van der Waals surface area contributed by atoms with Crippen LogP contribution in [0.5, 0.6) is 0 Å². The summed E-state index contributed by atoms with van der Waals surface area (Å²) in [7, 11) is 0. The highest BCUT2D eigenvalue weighted by Gasteiger charge is 2.32. The van der Waals surface area contributed by atoms with Gasteiger partial charge < -0.3 is 5.32 Å². The molecule has 0 aliphatic heterocycles. The lowest BCUT2D eigenvalue weighted by atomic mass is 10.1. The van der Waals surface area contributed by atoms with Gasteiger partial charge in [-0.25, -0.2) is 0 Å². The summed E-state index contributed by atoms with van der Waals surface area (Å²) in [5.41, 5.74) is -0.221. The number of aryl methyl sites for hydroxylation is 1. The standard InChI is InChI=1S/C14H15F3N4O/c1-3-21-7-6-11(20-21)13(22)19-9(2)10-4-5-12(18-8-10)14(15,16)17/h4-9H,3H2,1-2H3,(H,19,22)/t9-/m1/s1. The van der Waals surface area contributed by atoms with Crippen molar-refractivity contribution in [2.45, 2.75) is 32.6 Å². The maximum absolute atomic E-state index is 12.4. The summed E-state index contributed by atoms with van der Waals surface area (Å²) < 4.78 is 38.9. The monoisotopic (exact) mass is 312 g/mol. The number of amides is 1. The summed E-state index contributed by atoms with van der Waals surface area (Å²) in [5, 5.41) is 6.73. The molecule has 22 heavy (non-hydrogen) atoms. The second-order valence-corrected chi connectivity index (χ2v) is 4.73. The van der Waals surface area contributed by atoms with Crippen LogP contribution in [0.2, 0.25) is 0 Å². The molecule has 0 saturated heterocycles. The highest BCUT2D eigenvalue weighted by Crippen LogP contribution is 2.27. The number of halogens is 3. The van der Waals surface area contributed by atoms with Crippen LogP contribution in [0.15, 0.2) is 30.6 Å². The molecule has 2 heterocycles. The van der Waals surface area contributed by atoms with Gasteiger partial charge in [0, 0.05) is 18.9 Å². The van der Waals surface area contributed by atoms with Gasteiger partial charge in [-0.1, -0.05) is 6.07 Å². The number of carbonyl (C=O) groups excluding carboxylic acids is 1. The van der Waals surface area contributed by atoms with Crippen LogP contribution >= 0.6 is 0 Å². The molecular formula is C14H15F3N4O. The first-order valence-corrected chi connectivity index (χ1v) is 6.68. The number of carbonyl (C=O) groups is 1. The molecule has 0 aromatic carbocycles. The fourth-order valence-electron chi connectivity index (χ4n) is 1.84. The third-order valence-corrected chi connectivity index (χ3v) is 3.12. The van der Waals surface area contributed by atoms with E-state index in [-0.39, 0.29) is 11.6 Å². The van der Waals surface area contributed by atoms with E-state index >= 15 is 0 Å². The predicted molar refractivity (Wildman–Crippen MR) is 73.0 cm³/mol. The van der Waals surface area contributed by atoms with Crippen LogP contribution in [0.4, 0.5) is 13.2 Å². The quantitative estimate of drug-likeness (QED) is 0.944. The van der Waals surface area contributed by atoms with Crippen molar-refractivity contribution in [2.24, 2.45) is 0 Å². The molecule has 2 rings (SSSR count). The molecule has 0 saturated carbocycles. The van der Waals surface area contributed by atoms with E-state index in [0.29, 0.717) is 12.1 Å². The van der Waals surface area contributed by atoms with Gasteiger partial charge in [-0.3, -0.25) is 14.5 Å². The van der Waals surface area contributed by atoms with Crippen LogP contribution in [-0.2, 0) is 12.7 Å². The summed E-state index contributed by atoms with van der Waals surface area (Å²) in [6.07, 6.45) is -1.68. The topological polar surface area (TPSA) is 59.8 Å². The summed E-state index contributed by atoms with van der Waals surface area (Å²) >= 11 is 0. The first-order valence-electron chi connectivity index (χ1n) is 6.68. The van der Waals surface area contributed by atoms with E-state index in [4.69, 9.17) is 0 Å². The number of hydrogen-bond donors (Lipinski definition) is 1. The molecule has 1 amide bonds. The molecule has 8 heteroatoms. The minimum absolute atomic E-state index is 0.258. The van der Waals surface area contributed by atoms with Crippen molar-refractivity contribution in [3.8, 4) is 0 Å². The van der Waals surface area contributed by atoms with Crippen LogP contribution < -0.4 is 5.32 Å². The molecule has 0 aliphatic carbocycles. The van der Waals surface area contributed by atoms with Crippen molar-refractivity contribution < 1.29 is 18.0 Å². The van der Waals surface area contributed by atoms with E-state index in [0.717, 1.165) is 12.3 Å². The van der Waals surface area contributed by atoms with Crippen LogP contribution in [0.25, 0.3) is 0 Å². The number of nitrogens with zero attached hydrogens (tertiary/aromatic N) is 3. The highest BCUT2D eigenvalue weighted by atomic mass is 19.4. The molecule has 118 valence electrons. The van der Waals surface area contributed by atoms with Gasteiger partial charge in [0.05, 0.1) is 6.04 Å². The SMILES string of the molecule is CCn1ccc(C(=O)N[C@H](C)c2ccc(C(F)(F)F)nc2)n1. The molecule has 2 aromatic heterocycles. The normalized spacial score (nSPS) is 13.0. The Hall–Kier alpha value is -2.38. The van der Waals surface area contributed by atoms with E-state index in [9.17, 15) is 18.0 Å². The lowest BCUT2D eigenvalue weighted by Crippen LogP contribution is -2.27. The molecule has 0 spiro atoms. The summed E-state index contributed by atoms with van der Waals surface area (Å²) in [5.74, 6) is -0.389. The Bertz CT molecular complexity index is 649. The average molecular weight is 312 g/mol. The molecule has 1 atom stereocenters. The smallest absolute Gasteiger partial charge is 0.344 e. The Balaban J connectivity index is 2.05. The molecular weight excluding hydrogens is 297 g/mol. The zero-order valence-corrected chi connectivity index (χ0v) is 12.1. The third kappa shape index (κ3) is 3.63. The zero-order chi connectivity index (χ0) is 16.3. The molecule has 0 radical (unpaired) electrons. The molecule has 0 fully saturated rings. The fourth-order valence-corrected chi connectivity index (χ4v) is 1.84. The van der Waals surface area contributed by atoms with Crippen molar-refractivity contribution in [3.05, 3.63) is 47.5 Å². The van der Waals surface area contributed by atoms with Crippen molar-refractivity contribution in [3.63, 3.8) is 0 Å². The Labute approximate surface area is 125 Å². The first-order chi connectivity index (χ1) is 10.3. The molecule has 2 aromatic rings. The lowest BCUT2D eigenvalue weighted by Gasteiger charge is -2.14. The second kappa shape index (κ2) is 6.17. The number of aromatic nitrogens is 3. The van der Waals surface area contributed by atoms with E-state index in [1.54, 1.807) is 23.9 Å². The van der Waals surface area contributed by atoms with Gasteiger partial charge in [-0.15, -0.1) is 0 Å². The number of rotatable bonds is 4. The van der Waals surface area contributed by atoms with Crippen LogP contribution in [0, 0.1) is 0 Å². The maximum atomic E-state index is 12.4. The Kier molecular flexibility index (Phi) is 4.48. The van der Waals surface area contributed by atoms with E-state index in [1.807, 2.05) is 6.92 Å². The van der Waals surface area contributed by atoms with Crippen LogP contribution in [-0.4, -0.2) is 20.7 Å². The number of hydrogen-bond acceptors (Lipinski definition) is 3. The second-order valence-electron chi connectivity index (χ2n) is 4.73. The van der Waals surface area contributed by atoms with Crippen molar-refractivity contribution >= 4 is 5.91 Å². The summed E-state index contributed by atoms with van der Waals surface area (Å²) in [4.78, 5) is 15.4. The summed E-state index contributed by atoms with van der Waals surface area (Å²) in [6, 6.07) is 3.29. The molecule has 1 N–H and O–H groups in total. The Morgan fingerprint density at radius 1 is 1.36 bits per heavy atom. The van der Waals surface area contributed by atoms with Crippen molar-refractivity contribution in [2.75, 3.05) is 0 Å². The van der Waals surface area contributed by atoms with Crippen molar-refractivity contribution in [1.82, 2.24) is 20.1 Å². The van der Waals surface area contributed by atoms with E-state index in [1.165, 1.54) is 6.07 Å².